The topological polar surface area (TPSA) is 58.6 Å². The molecule has 0 spiro atoms. The minimum atomic E-state index is -0.890. The van der Waals surface area contributed by atoms with Crippen LogP contribution in [0.3, 0.4) is 0 Å². The summed E-state index contributed by atoms with van der Waals surface area (Å²) in [5, 5.41) is 11.5. The second-order valence-corrected chi connectivity index (χ2v) is 2.43. The van der Waals surface area contributed by atoms with Gasteiger partial charge in [-0.05, 0) is 6.92 Å². The molecule has 58 valence electrons. The van der Waals surface area contributed by atoms with E-state index in [1.807, 2.05) is 6.92 Å². The third kappa shape index (κ3) is 1.68. The van der Waals surface area contributed by atoms with E-state index < -0.39 is 12.1 Å². The van der Waals surface area contributed by atoms with E-state index >= 15 is 0 Å². The molecule has 0 aromatic carbocycles. The van der Waals surface area contributed by atoms with E-state index in [-0.39, 0.29) is 6.10 Å². The molecular formula is C6H11NO3. The summed E-state index contributed by atoms with van der Waals surface area (Å²) in [5.74, 6) is -0.890. The molecule has 2 N–H and O–H groups in total. The van der Waals surface area contributed by atoms with Gasteiger partial charge in [-0.1, -0.05) is 0 Å². The average Bonchev–Trinajstić information content (AvgIpc) is 1.88. The Balaban J connectivity index is 2.39. The lowest BCUT2D eigenvalue weighted by Gasteiger charge is -2.25. The van der Waals surface area contributed by atoms with E-state index in [0.29, 0.717) is 6.54 Å². The Bertz CT molecular complexity index is 137. The first kappa shape index (κ1) is 7.50. The highest BCUT2D eigenvalue weighted by Crippen LogP contribution is 2.02. The van der Waals surface area contributed by atoms with Gasteiger partial charge in [-0.3, -0.25) is 0 Å². The van der Waals surface area contributed by atoms with E-state index in [0.717, 1.165) is 6.54 Å². The lowest BCUT2D eigenvalue weighted by molar-refractivity contribution is -0.156. The third-order valence-corrected chi connectivity index (χ3v) is 1.43. The van der Waals surface area contributed by atoms with Crippen molar-refractivity contribution in [1.82, 2.24) is 5.32 Å². The van der Waals surface area contributed by atoms with Crippen LogP contribution < -0.4 is 5.32 Å². The first-order valence-corrected chi connectivity index (χ1v) is 3.29. The second-order valence-electron chi connectivity index (χ2n) is 2.43. The number of carboxylic acid groups (broad SMARTS) is 1. The molecule has 1 heterocycles. The molecule has 0 bridgehead atoms. The molecule has 0 amide bonds. The highest BCUT2D eigenvalue weighted by atomic mass is 16.5. The Hall–Kier alpha value is -0.610. The maximum Gasteiger partial charge on any atom is 0.334 e. The number of hydrogen-bond acceptors (Lipinski definition) is 3. The van der Waals surface area contributed by atoms with Crippen molar-refractivity contribution in [3.8, 4) is 0 Å². The molecule has 1 fully saturated rings. The van der Waals surface area contributed by atoms with E-state index in [9.17, 15) is 4.79 Å². The zero-order chi connectivity index (χ0) is 7.56. The monoisotopic (exact) mass is 145 g/mol. The fourth-order valence-electron chi connectivity index (χ4n) is 0.940. The van der Waals surface area contributed by atoms with Gasteiger partial charge in [-0.2, -0.15) is 0 Å². The minimum Gasteiger partial charge on any atom is -0.479 e. The summed E-state index contributed by atoms with van der Waals surface area (Å²) < 4.78 is 5.09. The normalized spacial score (nSPS) is 33.7. The largest absolute Gasteiger partial charge is 0.479 e. The summed E-state index contributed by atoms with van der Waals surface area (Å²) >= 11 is 0. The minimum absolute atomic E-state index is 0.00912. The first-order valence-electron chi connectivity index (χ1n) is 3.29. The molecule has 4 heteroatoms. The van der Waals surface area contributed by atoms with Crippen molar-refractivity contribution >= 4 is 5.97 Å². The average molecular weight is 145 g/mol. The molecule has 0 unspecified atom stereocenters. The Kier molecular flexibility index (Phi) is 2.24. The molecule has 1 aliphatic heterocycles. The number of nitrogens with one attached hydrogen (secondary N) is 1. The van der Waals surface area contributed by atoms with Crippen LogP contribution in [-0.2, 0) is 9.53 Å². The summed E-state index contributed by atoms with van der Waals surface area (Å²) in [5.41, 5.74) is 0. The number of carboxylic acids is 1. The van der Waals surface area contributed by atoms with Gasteiger partial charge < -0.3 is 15.2 Å². The summed E-state index contributed by atoms with van der Waals surface area (Å²) in [4.78, 5) is 10.3. The maximum absolute atomic E-state index is 10.3. The second kappa shape index (κ2) is 2.98. The van der Waals surface area contributed by atoms with E-state index in [4.69, 9.17) is 9.84 Å². The predicted molar refractivity (Wildman–Crippen MR) is 34.8 cm³/mol. The van der Waals surface area contributed by atoms with Crippen molar-refractivity contribution in [1.29, 1.82) is 0 Å². The summed E-state index contributed by atoms with van der Waals surface area (Å²) in [6, 6.07) is 0. The van der Waals surface area contributed by atoms with Crippen molar-refractivity contribution in [2.45, 2.75) is 19.1 Å². The van der Waals surface area contributed by atoms with Gasteiger partial charge in [-0.25, -0.2) is 4.79 Å². The lowest BCUT2D eigenvalue weighted by atomic mass is 10.2. The van der Waals surface area contributed by atoms with Gasteiger partial charge in [0.05, 0.1) is 6.10 Å². The molecule has 1 aliphatic rings. The highest BCUT2D eigenvalue weighted by Gasteiger charge is 2.24. The van der Waals surface area contributed by atoms with Crippen LogP contribution in [0.1, 0.15) is 6.92 Å². The first-order chi connectivity index (χ1) is 4.70. The number of aliphatic carboxylic acids is 1. The Morgan fingerprint density at radius 2 is 2.40 bits per heavy atom. The fourth-order valence-corrected chi connectivity index (χ4v) is 0.940. The Morgan fingerprint density at radius 1 is 1.70 bits per heavy atom. The van der Waals surface area contributed by atoms with Crippen LogP contribution in [0.5, 0.6) is 0 Å². The predicted octanol–water partition coefficient (Wildman–Crippen LogP) is -0.552. The van der Waals surface area contributed by atoms with Gasteiger partial charge in [-0.15, -0.1) is 0 Å². The molecule has 0 radical (unpaired) electrons. The van der Waals surface area contributed by atoms with Crippen molar-refractivity contribution in [3.63, 3.8) is 0 Å². The van der Waals surface area contributed by atoms with Crippen LogP contribution in [0.4, 0.5) is 0 Å². The van der Waals surface area contributed by atoms with Crippen LogP contribution in [0.25, 0.3) is 0 Å². The van der Waals surface area contributed by atoms with Gasteiger partial charge in [0, 0.05) is 13.1 Å². The number of carbonyl (C=O) groups is 1. The van der Waals surface area contributed by atoms with E-state index in [2.05, 4.69) is 5.32 Å². The smallest absolute Gasteiger partial charge is 0.334 e. The molecule has 10 heavy (non-hydrogen) atoms. The van der Waals surface area contributed by atoms with Gasteiger partial charge in [0.2, 0.25) is 0 Å². The molecule has 0 aromatic rings. The fraction of sp³-hybridized carbons (Fsp3) is 0.833. The lowest BCUT2D eigenvalue weighted by Crippen LogP contribution is -2.46. The Labute approximate surface area is 59.2 Å². The van der Waals surface area contributed by atoms with Crippen molar-refractivity contribution < 1.29 is 14.6 Å². The van der Waals surface area contributed by atoms with Crippen LogP contribution in [0.15, 0.2) is 0 Å². The van der Waals surface area contributed by atoms with Gasteiger partial charge in [0.25, 0.3) is 0 Å². The highest BCUT2D eigenvalue weighted by molar-refractivity contribution is 5.72. The standard InChI is InChI=1S/C6H11NO3/c1-4-2-7-3-5(10-4)6(8)9/h4-5,7H,2-3H2,1H3,(H,8,9)/t4-,5-/m0/s1. The van der Waals surface area contributed by atoms with Crippen molar-refractivity contribution in [2.24, 2.45) is 0 Å². The number of rotatable bonds is 1. The van der Waals surface area contributed by atoms with Crippen molar-refractivity contribution in [2.75, 3.05) is 13.1 Å². The molecule has 4 nitrogen and oxygen atoms in total. The molecule has 0 aromatic heterocycles. The Morgan fingerprint density at radius 3 is 2.80 bits per heavy atom. The molecule has 0 saturated carbocycles. The van der Waals surface area contributed by atoms with Gasteiger partial charge >= 0.3 is 5.97 Å². The summed E-state index contributed by atoms with van der Waals surface area (Å²) in [6.07, 6.45) is -0.654. The maximum atomic E-state index is 10.3. The molecule has 1 saturated heterocycles. The third-order valence-electron chi connectivity index (χ3n) is 1.43. The number of ether oxygens (including phenoxy) is 1. The van der Waals surface area contributed by atoms with Crippen LogP contribution in [-0.4, -0.2) is 36.4 Å². The SMILES string of the molecule is C[C@H]1CNC[C@@H](C(=O)O)O1. The van der Waals surface area contributed by atoms with E-state index in [1.54, 1.807) is 0 Å². The van der Waals surface area contributed by atoms with Gasteiger partial charge in [0.1, 0.15) is 0 Å². The zero-order valence-electron chi connectivity index (χ0n) is 5.83. The number of hydrogen-bond donors (Lipinski definition) is 2. The van der Waals surface area contributed by atoms with Crippen LogP contribution in [0, 0.1) is 0 Å². The van der Waals surface area contributed by atoms with Crippen LogP contribution >= 0.6 is 0 Å². The number of morpholine rings is 1. The molecule has 2 atom stereocenters. The van der Waals surface area contributed by atoms with E-state index in [1.165, 1.54) is 0 Å². The zero-order valence-corrected chi connectivity index (χ0v) is 5.83. The van der Waals surface area contributed by atoms with Crippen molar-refractivity contribution in [3.05, 3.63) is 0 Å². The summed E-state index contributed by atoms with van der Waals surface area (Å²) in [7, 11) is 0. The van der Waals surface area contributed by atoms with Gasteiger partial charge in [0.15, 0.2) is 6.10 Å². The molecule has 1 rings (SSSR count). The quantitative estimate of drug-likeness (QED) is 0.519. The summed E-state index contributed by atoms with van der Waals surface area (Å²) in [6.45, 7) is 3.01. The molecular weight excluding hydrogens is 134 g/mol. The van der Waals surface area contributed by atoms with Crippen LogP contribution in [0.2, 0.25) is 0 Å². The molecule has 0 aliphatic carbocycles.